The summed E-state index contributed by atoms with van der Waals surface area (Å²) in [4.78, 5) is 24.4. The van der Waals surface area contributed by atoms with E-state index in [1.54, 1.807) is 6.20 Å². The summed E-state index contributed by atoms with van der Waals surface area (Å²) >= 11 is 0. The number of para-hydroxylation sites is 1. The molecule has 1 fully saturated rings. The van der Waals surface area contributed by atoms with Crippen LogP contribution in [0.3, 0.4) is 0 Å². The van der Waals surface area contributed by atoms with E-state index in [9.17, 15) is 0 Å². The second kappa shape index (κ2) is 9.22. The highest BCUT2D eigenvalue weighted by Gasteiger charge is 2.17. The first-order valence-electron chi connectivity index (χ1n) is 12.7. The molecule has 1 aliphatic heterocycles. The van der Waals surface area contributed by atoms with Crippen LogP contribution in [-0.4, -0.2) is 53.1 Å². The lowest BCUT2D eigenvalue weighted by molar-refractivity contribution is 0.220. The fourth-order valence-electron chi connectivity index (χ4n) is 5.24. The van der Waals surface area contributed by atoms with Gasteiger partial charge in [-0.1, -0.05) is 24.6 Å². The molecular weight excluding hydrogens is 460 g/mol. The van der Waals surface area contributed by atoms with Gasteiger partial charge in [0.05, 0.1) is 28.4 Å². The van der Waals surface area contributed by atoms with Crippen LogP contribution < -0.4 is 0 Å². The Morgan fingerprint density at radius 2 is 1.76 bits per heavy atom. The van der Waals surface area contributed by atoms with Crippen molar-refractivity contribution >= 4 is 21.9 Å². The summed E-state index contributed by atoms with van der Waals surface area (Å²) in [6.07, 6.45) is 13.2. The highest BCUT2D eigenvalue weighted by Crippen LogP contribution is 2.32. The summed E-state index contributed by atoms with van der Waals surface area (Å²) < 4.78 is 0. The predicted octanol–water partition coefficient (Wildman–Crippen LogP) is 5.61. The minimum absolute atomic E-state index is 0.715. The third-order valence-corrected chi connectivity index (χ3v) is 7.10. The number of nitrogens with zero attached hydrogens (tertiary/aromatic N) is 6. The number of hydrogen-bond acceptors (Lipinski definition) is 6. The second-order valence-corrected chi connectivity index (χ2v) is 9.63. The molecule has 7 rings (SSSR count). The van der Waals surface area contributed by atoms with Gasteiger partial charge in [0, 0.05) is 53.4 Å². The van der Waals surface area contributed by atoms with Gasteiger partial charge in [0.1, 0.15) is 5.69 Å². The van der Waals surface area contributed by atoms with Gasteiger partial charge in [0.2, 0.25) is 0 Å². The number of imidazole rings is 1. The molecule has 0 saturated carbocycles. The molecule has 8 nitrogen and oxygen atoms in total. The van der Waals surface area contributed by atoms with E-state index in [0.717, 1.165) is 69.6 Å². The molecule has 37 heavy (non-hydrogen) atoms. The Labute approximate surface area is 213 Å². The number of likely N-dealkylation sites (tertiary alicyclic amines) is 1. The quantitative estimate of drug-likeness (QED) is 0.329. The first-order chi connectivity index (χ1) is 18.3. The Hall–Kier alpha value is -4.43. The SMILES string of the molecule is c1cncc(-c2cccc3[nH]c(-c4n[nH]c5cnc(-c6cncc(CN7CCCCC7)c6)cc45)nc23)c1. The molecule has 0 aliphatic carbocycles. The Kier molecular flexibility index (Phi) is 5.44. The van der Waals surface area contributed by atoms with E-state index >= 15 is 0 Å². The van der Waals surface area contributed by atoms with Gasteiger partial charge < -0.3 is 4.98 Å². The number of piperidine rings is 1. The number of rotatable bonds is 5. The van der Waals surface area contributed by atoms with Crippen molar-refractivity contribution in [1.82, 2.24) is 40.0 Å². The zero-order valence-electron chi connectivity index (χ0n) is 20.4. The summed E-state index contributed by atoms with van der Waals surface area (Å²) in [5, 5.41) is 8.68. The van der Waals surface area contributed by atoms with Crippen LogP contribution in [-0.2, 0) is 6.54 Å². The molecule has 1 aromatic carbocycles. The zero-order valence-corrected chi connectivity index (χ0v) is 20.4. The van der Waals surface area contributed by atoms with Crippen LogP contribution in [0, 0.1) is 0 Å². The van der Waals surface area contributed by atoms with Gasteiger partial charge in [-0.15, -0.1) is 0 Å². The molecule has 6 heterocycles. The van der Waals surface area contributed by atoms with Crippen molar-refractivity contribution in [3.05, 3.63) is 79.0 Å². The number of benzene rings is 1. The van der Waals surface area contributed by atoms with Crippen LogP contribution in [0.4, 0.5) is 0 Å². The van der Waals surface area contributed by atoms with Crippen LogP contribution in [0.25, 0.3) is 55.8 Å². The maximum absolute atomic E-state index is 4.96. The molecule has 5 aromatic heterocycles. The topological polar surface area (TPSA) is 99.3 Å². The average molecular weight is 487 g/mol. The molecule has 182 valence electrons. The summed E-state index contributed by atoms with van der Waals surface area (Å²) in [6, 6.07) is 14.4. The fourth-order valence-corrected chi connectivity index (χ4v) is 5.24. The molecule has 0 unspecified atom stereocenters. The van der Waals surface area contributed by atoms with Crippen LogP contribution in [0.5, 0.6) is 0 Å². The van der Waals surface area contributed by atoms with Crippen molar-refractivity contribution in [3.63, 3.8) is 0 Å². The van der Waals surface area contributed by atoms with Crippen LogP contribution in [0.2, 0.25) is 0 Å². The largest absolute Gasteiger partial charge is 0.337 e. The fraction of sp³-hybridized carbons (Fsp3) is 0.207. The molecule has 0 radical (unpaired) electrons. The molecule has 0 bridgehead atoms. The first-order valence-corrected chi connectivity index (χ1v) is 12.7. The molecule has 0 atom stereocenters. The van der Waals surface area contributed by atoms with Gasteiger partial charge in [0.15, 0.2) is 5.82 Å². The summed E-state index contributed by atoms with van der Waals surface area (Å²) in [5.41, 5.74) is 8.64. The molecule has 1 aliphatic rings. The molecule has 1 saturated heterocycles. The molecule has 0 amide bonds. The number of aromatic amines is 2. The van der Waals surface area contributed by atoms with Gasteiger partial charge >= 0.3 is 0 Å². The molecular formula is C29H26N8. The summed E-state index contributed by atoms with van der Waals surface area (Å²) in [6.45, 7) is 3.25. The Morgan fingerprint density at radius 3 is 2.65 bits per heavy atom. The number of nitrogens with one attached hydrogen (secondary N) is 2. The van der Waals surface area contributed by atoms with Crippen molar-refractivity contribution in [2.75, 3.05) is 13.1 Å². The van der Waals surface area contributed by atoms with E-state index in [4.69, 9.17) is 9.97 Å². The highest BCUT2D eigenvalue weighted by atomic mass is 15.1. The van der Waals surface area contributed by atoms with Crippen LogP contribution >= 0.6 is 0 Å². The van der Waals surface area contributed by atoms with Crippen molar-refractivity contribution in [3.8, 4) is 33.9 Å². The second-order valence-electron chi connectivity index (χ2n) is 9.63. The van der Waals surface area contributed by atoms with Gasteiger partial charge in [-0.25, -0.2) is 4.98 Å². The maximum Gasteiger partial charge on any atom is 0.159 e. The minimum atomic E-state index is 0.715. The number of H-pyrrole nitrogens is 2. The van der Waals surface area contributed by atoms with E-state index in [0.29, 0.717) is 5.82 Å². The van der Waals surface area contributed by atoms with Crippen LogP contribution in [0.1, 0.15) is 24.8 Å². The monoisotopic (exact) mass is 486 g/mol. The highest BCUT2D eigenvalue weighted by molar-refractivity contribution is 5.97. The number of fused-ring (bicyclic) bond motifs is 2. The number of pyridine rings is 3. The molecule has 6 aromatic rings. The average Bonchev–Trinajstić information content (AvgIpc) is 3.58. The third-order valence-electron chi connectivity index (χ3n) is 7.10. The predicted molar refractivity (Wildman–Crippen MR) is 145 cm³/mol. The van der Waals surface area contributed by atoms with E-state index in [-0.39, 0.29) is 0 Å². The van der Waals surface area contributed by atoms with Crippen molar-refractivity contribution in [2.24, 2.45) is 0 Å². The lowest BCUT2D eigenvalue weighted by Crippen LogP contribution is -2.29. The molecule has 2 N–H and O–H groups in total. The lowest BCUT2D eigenvalue weighted by Gasteiger charge is -2.26. The number of hydrogen-bond donors (Lipinski definition) is 2. The van der Waals surface area contributed by atoms with E-state index in [1.165, 1.54) is 24.8 Å². The van der Waals surface area contributed by atoms with Gasteiger partial charge in [-0.2, -0.15) is 5.10 Å². The number of aromatic nitrogens is 7. The van der Waals surface area contributed by atoms with E-state index in [1.807, 2.05) is 49.1 Å². The molecule has 8 heteroatoms. The Bertz CT molecular complexity index is 1700. The normalized spacial score (nSPS) is 14.5. The third kappa shape index (κ3) is 4.15. The van der Waals surface area contributed by atoms with E-state index in [2.05, 4.69) is 48.2 Å². The van der Waals surface area contributed by atoms with Crippen molar-refractivity contribution in [1.29, 1.82) is 0 Å². The van der Waals surface area contributed by atoms with Gasteiger partial charge in [-0.3, -0.25) is 25.0 Å². The standard InChI is InChI=1S/C29H26N8/c1-2-10-37(11-3-1)18-19-12-21(16-31-14-19)25-13-23-26(17-32-25)35-36-28(23)29-33-24-8-4-7-22(27(24)34-29)20-6-5-9-30-15-20/h4-9,12-17H,1-3,10-11,18H2,(H,33,34)(H,35,36). The van der Waals surface area contributed by atoms with Crippen LogP contribution in [0.15, 0.2) is 73.4 Å². The zero-order chi connectivity index (χ0) is 24.6. The molecule has 0 spiro atoms. The maximum atomic E-state index is 4.96. The Morgan fingerprint density at radius 1 is 0.838 bits per heavy atom. The Balaban J connectivity index is 1.26. The minimum Gasteiger partial charge on any atom is -0.337 e. The summed E-state index contributed by atoms with van der Waals surface area (Å²) in [5.74, 6) is 0.715. The smallest absolute Gasteiger partial charge is 0.159 e. The first kappa shape index (κ1) is 21.8. The summed E-state index contributed by atoms with van der Waals surface area (Å²) in [7, 11) is 0. The van der Waals surface area contributed by atoms with Crippen molar-refractivity contribution < 1.29 is 0 Å². The van der Waals surface area contributed by atoms with Gasteiger partial charge in [-0.05, 0) is 55.8 Å². The van der Waals surface area contributed by atoms with Gasteiger partial charge in [0.25, 0.3) is 0 Å². The van der Waals surface area contributed by atoms with E-state index < -0.39 is 0 Å². The van der Waals surface area contributed by atoms with Crippen molar-refractivity contribution in [2.45, 2.75) is 25.8 Å². The lowest BCUT2D eigenvalue weighted by atomic mass is 10.1.